The van der Waals surface area contributed by atoms with E-state index in [9.17, 15) is 34.2 Å². The van der Waals surface area contributed by atoms with Crippen LogP contribution in [0.25, 0.3) is 0 Å². The molecule has 0 aliphatic carbocycles. The van der Waals surface area contributed by atoms with Crippen LogP contribution in [0.5, 0.6) is 0 Å². The molecule has 6 unspecified atom stereocenters. The molecule has 1 rings (SSSR count). The molecule has 0 aliphatic heterocycles. The van der Waals surface area contributed by atoms with Crippen LogP contribution in [0.3, 0.4) is 0 Å². The molecule has 6 atom stereocenters. The minimum absolute atomic E-state index is 0.0208. The second kappa shape index (κ2) is 14.0. The first-order valence-electron chi connectivity index (χ1n) is 11.3. The highest BCUT2D eigenvalue weighted by atomic mass is 16.4. The summed E-state index contributed by atoms with van der Waals surface area (Å²) in [4.78, 5) is 61.0. The molecular formula is C23H35N5O7. The van der Waals surface area contributed by atoms with Crippen LogP contribution in [0.4, 0.5) is 0 Å². The van der Waals surface area contributed by atoms with E-state index in [-0.39, 0.29) is 12.3 Å². The predicted molar refractivity (Wildman–Crippen MR) is 126 cm³/mol. The highest BCUT2D eigenvalue weighted by Gasteiger charge is 2.33. The van der Waals surface area contributed by atoms with Crippen molar-refractivity contribution in [1.82, 2.24) is 16.0 Å². The van der Waals surface area contributed by atoms with Gasteiger partial charge < -0.3 is 37.6 Å². The molecule has 0 radical (unpaired) electrons. The van der Waals surface area contributed by atoms with Crippen molar-refractivity contribution in [2.24, 2.45) is 17.4 Å². The summed E-state index contributed by atoms with van der Waals surface area (Å²) in [7, 11) is 0. The number of aliphatic carboxylic acids is 1. The number of carboxylic acid groups (broad SMARTS) is 1. The number of amides is 4. The largest absolute Gasteiger partial charge is 0.480 e. The highest BCUT2D eigenvalue weighted by molar-refractivity contribution is 5.95. The van der Waals surface area contributed by atoms with Crippen LogP contribution in [0.1, 0.15) is 39.2 Å². The maximum atomic E-state index is 13.1. The first kappa shape index (κ1) is 29.5. The second-order valence-corrected chi connectivity index (χ2v) is 8.46. The molecule has 12 nitrogen and oxygen atoms in total. The number of carboxylic acids is 1. The molecule has 0 heterocycles. The number of rotatable bonds is 14. The van der Waals surface area contributed by atoms with Gasteiger partial charge in [0, 0.05) is 6.42 Å². The Labute approximate surface area is 203 Å². The van der Waals surface area contributed by atoms with Crippen LogP contribution in [0, 0.1) is 5.92 Å². The van der Waals surface area contributed by atoms with Gasteiger partial charge in [-0.1, -0.05) is 50.6 Å². The van der Waals surface area contributed by atoms with E-state index in [1.807, 2.05) is 0 Å². The lowest BCUT2D eigenvalue weighted by Crippen LogP contribution is -2.60. The summed E-state index contributed by atoms with van der Waals surface area (Å²) in [6.45, 7) is 4.72. The number of nitrogens with one attached hydrogen (secondary N) is 3. The predicted octanol–water partition coefficient (Wildman–Crippen LogP) is -1.60. The van der Waals surface area contributed by atoms with Crippen molar-refractivity contribution >= 4 is 29.6 Å². The van der Waals surface area contributed by atoms with Crippen LogP contribution in [-0.4, -0.2) is 70.1 Å². The maximum absolute atomic E-state index is 13.1. The summed E-state index contributed by atoms with van der Waals surface area (Å²) in [6.07, 6.45) is -1.33. The molecule has 194 valence electrons. The first-order chi connectivity index (χ1) is 16.4. The van der Waals surface area contributed by atoms with Gasteiger partial charge in [0.25, 0.3) is 0 Å². The van der Waals surface area contributed by atoms with E-state index < -0.39 is 66.3 Å². The quantitative estimate of drug-likeness (QED) is 0.160. The molecule has 0 bridgehead atoms. The Bertz CT molecular complexity index is 894. The van der Waals surface area contributed by atoms with E-state index in [1.54, 1.807) is 44.2 Å². The van der Waals surface area contributed by atoms with E-state index in [0.29, 0.717) is 12.0 Å². The van der Waals surface area contributed by atoms with Gasteiger partial charge in [-0.3, -0.25) is 19.2 Å². The summed E-state index contributed by atoms with van der Waals surface area (Å²) in [5.74, 6) is -4.94. The monoisotopic (exact) mass is 493 g/mol. The number of nitrogens with two attached hydrogens (primary N) is 2. The van der Waals surface area contributed by atoms with Gasteiger partial charge >= 0.3 is 5.97 Å². The van der Waals surface area contributed by atoms with E-state index in [1.165, 1.54) is 6.92 Å². The number of hydrogen-bond acceptors (Lipinski definition) is 7. The van der Waals surface area contributed by atoms with E-state index in [2.05, 4.69) is 16.0 Å². The number of hydrogen-bond donors (Lipinski definition) is 7. The number of carbonyl (C=O) groups is 5. The average Bonchev–Trinajstić information content (AvgIpc) is 2.79. The lowest BCUT2D eigenvalue weighted by atomic mass is 9.98. The number of aliphatic hydroxyl groups is 1. The fraction of sp³-hybridized carbons (Fsp3) is 0.522. The minimum Gasteiger partial charge on any atom is -0.480 e. The van der Waals surface area contributed by atoms with Gasteiger partial charge in [0.2, 0.25) is 23.6 Å². The molecule has 0 saturated carbocycles. The summed E-state index contributed by atoms with van der Waals surface area (Å²) in [5, 5.41) is 26.8. The summed E-state index contributed by atoms with van der Waals surface area (Å²) < 4.78 is 0. The van der Waals surface area contributed by atoms with Crippen LogP contribution in [0.15, 0.2) is 30.3 Å². The van der Waals surface area contributed by atoms with Crippen molar-refractivity contribution in [3.05, 3.63) is 35.9 Å². The van der Waals surface area contributed by atoms with Crippen molar-refractivity contribution in [1.29, 1.82) is 0 Å². The Hall–Kier alpha value is -3.51. The first-order valence-corrected chi connectivity index (χ1v) is 11.3. The molecule has 35 heavy (non-hydrogen) atoms. The zero-order valence-electron chi connectivity index (χ0n) is 20.1. The van der Waals surface area contributed by atoms with Gasteiger partial charge in [0.15, 0.2) is 0 Å². The lowest BCUT2D eigenvalue weighted by Gasteiger charge is -2.27. The summed E-state index contributed by atoms with van der Waals surface area (Å²) in [6, 6.07) is 3.48. The molecule has 4 amide bonds. The number of primary amides is 1. The van der Waals surface area contributed by atoms with Gasteiger partial charge in [-0.15, -0.1) is 0 Å². The zero-order valence-corrected chi connectivity index (χ0v) is 20.1. The summed E-state index contributed by atoms with van der Waals surface area (Å²) in [5.41, 5.74) is 11.3. The smallest absolute Gasteiger partial charge is 0.326 e. The Morgan fingerprint density at radius 3 is 1.97 bits per heavy atom. The highest BCUT2D eigenvalue weighted by Crippen LogP contribution is 2.10. The normalized spacial score (nSPS) is 16.0. The Morgan fingerprint density at radius 1 is 0.914 bits per heavy atom. The molecule has 0 saturated heterocycles. The van der Waals surface area contributed by atoms with Gasteiger partial charge in [-0.2, -0.15) is 0 Å². The third kappa shape index (κ3) is 9.71. The molecule has 9 N–H and O–H groups in total. The van der Waals surface area contributed by atoms with Gasteiger partial charge in [0.05, 0.1) is 18.6 Å². The molecule has 0 aliphatic rings. The van der Waals surface area contributed by atoms with Crippen molar-refractivity contribution in [2.45, 2.75) is 70.3 Å². The fourth-order valence-corrected chi connectivity index (χ4v) is 3.23. The standard InChI is InChI=1S/C23H35N5O7/c1-4-12(2)18(23(34)35)27-21(32)16(10-14-8-6-5-7-9-14)26-22(33)19(13(3)29)28-20(31)15(24)11-17(25)30/h5-9,12-13,15-16,18-19,29H,4,10-11,24H2,1-3H3,(H2,25,30)(H,26,33)(H,27,32)(H,28,31)(H,34,35). The molecule has 12 heteroatoms. The van der Waals surface area contributed by atoms with Crippen molar-refractivity contribution < 1.29 is 34.2 Å². The van der Waals surface area contributed by atoms with Gasteiger partial charge in [-0.25, -0.2) is 4.79 Å². The zero-order chi connectivity index (χ0) is 26.7. The van der Waals surface area contributed by atoms with Crippen LogP contribution in [0.2, 0.25) is 0 Å². The molecule has 0 fully saturated rings. The minimum atomic E-state index is -1.50. The molecule has 0 spiro atoms. The van der Waals surface area contributed by atoms with E-state index in [4.69, 9.17) is 11.5 Å². The van der Waals surface area contributed by atoms with Crippen LogP contribution in [-0.2, 0) is 30.4 Å². The third-order valence-electron chi connectivity index (χ3n) is 5.51. The van der Waals surface area contributed by atoms with Crippen LogP contribution >= 0.6 is 0 Å². The van der Waals surface area contributed by atoms with Crippen molar-refractivity contribution in [3.8, 4) is 0 Å². The number of carbonyl (C=O) groups excluding carboxylic acids is 4. The molecule has 1 aromatic carbocycles. The maximum Gasteiger partial charge on any atom is 0.326 e. The second-order valence-electron chi connectivity index (χ2n) is 8.46. The number of aliphatic hydroxyl groups excluding tert-OH is 1. The SMILES string of the molecule is CCC(C)C(NC(=O)C(Cc1ccccc1)NC(=O)C(NC(=O)C(N)CC(N)=O)C(C)O)C(=O)O. The van der Waals surface area contributed by atoms with Crippen molar-refractivity contribution in [2.75, 3.05) is 0 Å². The van der Waals surface area contributed by atoms with Crippen LogP contribution < -0.4 is 27.4 Å². The lowest BCUT2D eigenvalue weighted by molar-refractivity contribution is -0.144. The molecule has 0 aromatic heterocycles. The average molecular weight is 494 g/mol. The molecular weight excluding hydrogens is 458 g/mol. The Kier molecular flexibility index (Phi) is 11.8. The third-order valence-corrected chi connectivity index (χ3v) is 5.51. The summed E-state index contributed by atoms with van der Waals surface area (Å²) >= 11 is 0. The number of benzene rings is 1. The van der Waals surface area contributed by atoms with Crippen molar-refractivity contribution in [3.63, 3.8) is 0 Å². The van der Waals surface area contributed by atoms with Gasteiger partial charge in [-0.05, 0) is 18.4 Å². The van der Waals surface area contributed by atoms with E-state index >= 15 is 0 Å². The van der Waals surface area contributed by atoms with Gasteiger partial charge in [0.1, 0.15) is 18.1 Å². The fourth-order valence-electron chi connectivity index (χ4n) is 3.23. The van der Waals surface area contributed by atoms with E-state index in [0.717, 1.165) is 0 Å². The Balaban J connectivity index is 3.11. The Morgan fingerprint density at radius 2 is 1.49 bits per heavy atom. The topological polar surface area (TPSA) is 214 Å². The molecule has 1 aromatic rings.